The number of hydrogen-bond donors (Lipinski definition) is 2. The van der Waals surface area contributed by atoms with E-state index in [9.17, 15) is 22.4 Å². The molecule has 0 unspecified atom stereocenters. The van der Waals surface area contributed by atoms with Gasteiger partial charge in [0.15, 0.2) is 5.65 Å². The Labute approximate surface area is 182 Å². The monoisotopic (exact) mass is 464 g/mol. The second-order valence-corrected chi connectivity index (χ2v) is 7.10. The maximum absolute atomic E-state index is 13.9. The molecule has 12 heteroatoms. The lowest BCUT2D eigenvalue weighted by Gasteiger charge is -2.11. The Balaban J connectivity index is 1.57. The van der Waals surface area contributed by atoms with Crippen LogP contribution in [0.4, 0.5) is 23.5 Å². The standard InChI is InChI=1S/C20H13ClF4N6O/c21-17-14(10-3-4-31-16(7-10)29-19(26)30-31)6-12(9-27-17)18(32)28-8-11-5-13(20(23,24)25)1-2-15(11)22/h1-7,9H,8H2,(H2,26,30)(H,28,32). The minimum atomic E-state index is -4.63. The summed E-state index contributed by atoms with van der Waals surface area (Å²) in [4.78, 5) is 20.6. The molecule has 3 aromatic heterocycles. The van der Waals surface area contributed by atoms with E-state index in [-0.39, 0.29) is 22.2 Å². The number of benzene rings is 1. The number of amides is 1. The van der Waals surface area contributed by atoms with Crippen LogP contribution in [0, 0.1) is 5.82 Å². The van der Waals surface area contributed by atoms with Gasteiger partial charge in [0.2, 0.25) is 5.95 Å². The SMILES string of the molecule is Nc1nc2cc(-c3cc(C(=O)NCc4cc(C(F)(F)F)ccc4F)cnc3Cl)ccn2n1. The van der Waals surface area contributed by atoms with Crippen molar-refractivity contribution in [2.75, 3.05) is 5.73 Å². The van der Waals surface area contributed by atoms with Gasteiger partial charge in [-0.25, -0.2) is 13.9 Å². The van der Waals surface area contributed by atoms with Crippen molar-refractivity contribution in [2.24, 2.45) is 0 Å². The quantitative estimate of drug-likeness (QED) is 0.350. The number of anilines is 1. The molecule has 0 spiro atoms. The van der Waals surface area contributed by atoms with Crippen molar-refractivity contribution in [3.8, 4) is 11.1 Å². The molecule has 164 valence electrons. The van der Waals surface area contributed by atoms with Gasteiger partial charge in [0, 0.05) is 30.1 Å². The molecule has 0 aliphatic heterocycles. The Morgan fingerprint density at radius 3 is 2.72 bits per heavy atom. The van der Waals surface area contributed by atoms with Crippen molar-refractivity contribution < 1.29 is 22.4 Å². The van der Waals surface area contributed by atoms with Gasteiger partial charge in [-0.2, -0.15) is 18.2 Å². The molecule has 1 aromatic carbocycles. The van der Waals surface area contributed by atoms with Gasteiger partial charge in [-0.05, 0) is 42.0 Å². The van der Waals surface area contributed by atoms with Crippen LogP contribution < -0.4 is 11.1 Å². The number of nitrogens with zero attached hydrogens (tertiary/aromatic N) is 4. The van der Waals surface area contributed by atoms with Crippen LogP contribution in [-0.2, 0) is 12.7 Å². The number of halogens is 5. The van der Waals surface area contributed by atoms with Crippen molar-refractivity contribution in [1.29, 1.82) is 0 Å². The lowest BCUT2D eigenvalue weighted by molar-refractivity contribution is -0.137. The lowest BCUT2D eigenvalue weighted by atomic mass is 10.1. The molecule has 7 nitrogen and oxygen atoms in total. The Bertz CT molecular complexity index is 1340. The molecule has 0 aliphatic carbocycles. The van der Waals surface area contributed by atoms with Crippen molar-refractivity contribution in [3.63, 3.8) is 0 Å². The lowest BCUT2D eigenvalue weighted by Crippen LogP contribution is -2.24. The van der Waals surface area contributed by atoms with Crippen LogP contribution in [0.25, 0.3) is 16.8 Å². The van der Waals surface area contributed by atoms with Crippen LogP contribution in [0.5, 0.6) is 0 Å². The van der Waals surface area contributed by atoms with Crippen molar-refractivity contribution in [2.45, 2.75) is 12.7 Å². The van der Waals surface area contributed by atoms with E-state index in [1.165, 1.54) is 16.8 Å². The van der Waals surface area contributed by atoms with Crippen molar-refractivity contribution in [3.05, 3.63) is 76.5 Å². The Kier molecular flexibility index (Phi) is 5.43. The summed E-state index contributed by atoms with van der Waals surface area (Å²) in [7, 11) is 0. The number of pyridine rings is 2. The number of aromatic nitrogens is 4. The average molecular weight is 465 g/mol. The fraction of sp³-hybridized carbons (Fsp3) is 0.100. The van der Waals surface area contributed by atoms with Crippen LogP contribution in [0.15, 0.2) is 48.8 Å². The summed E-state index contributed by atoms with van der Waals surface area (Å²) in [6.45, 7) is -0.447. The summed E-state index contributed by atoms with van der Waals surface area (Å²) < 4.78 is 53.9. The van der Waals surface area contributed by atoms with Crippen molar-refractivity contribution in [1.82, 2.24) is 24.9 Å². The number of fused-ring (bicyclic) bond motifs is 1. The molecule has 0 atom stereocenters. The Hall–Kier alpha value is -3.73. The number of hydrogen-bond acceptors (Lipinski definition) is 5. The van der Waals surface area contributed by atoms with E-state index in [2.05, 4.69) is 20.4 Å². The van der Waals surface area contributed by atoms with E-state index in [1.54, 1.807) is 18.3 Å². The van der Waals surface area contributed by atoms with Gasteiger partial charge < -0.3 is 11.1 Å². The van der Waals surface area contributed by atoms with Gasteiger partial charge in [0.25, 0.3) is 5.91 Å². The maximum Gasteiger partial charge on any atom is 0.416 e. The van der Waals surface area contributed by atoms with E-state index in [0.29, 0.717) is 35.0 Å². The largest absolute Gasteiger partial charge is 0.416 e. The number of carbonyl (C=O) groups is 1. The van der Waals surface area contributed by atoms with Crippen LogP contribution in [-0.4, -0.2) is 25.5 Å². The second kappa shape index (κ2) is 8.08. The molecule has 0 fully saturated rings. The first kappa shape index (κ1) is 21.5. The predicted molar refractivity (Wildman–Crippen MR) is 108 cm³/mol. The summed E-state index contributed by atoms with van der Waals surface area (Å²) in [5.41, 5.74) is 5.79. The molecular weight excluding hydrogens is 452 g/mol. The van der Waals surface area contributed by atoms with E-state index in [4.69, 9.17) is 17.3 Å². The number of nitrogens with two attached hydrogens (primary N) is 1. The molecule has 0 radical (unpaired) electrons. The van der Waals surface area contributed by atoms with Crippen LogP contribution in [0.2, 0.25) is 5.15 Å². The zero-order valence-electron chi connectivity index (χ0n) is 16.0. The summed E-state index contributed by atoms with van der Waals surface area (Å²) in [5, 5.41) is 6.47. The van der Waals surface area contributed by atoms with E-state index in [1.807, 2.05) is 0 Å². The zero-order chi connectivity index (χ0) is 23.0. The van der Waals surface area contributed by atoms with Gasteiger partial charge in [0.05, 0.1) is 11.1 Å². The van der Waals surface area contributed by atoms with Gasteiger partial charge in [-0.15, -0.1) is 5.10 Å². The normalized spacial score (nSPS) is 11.7. The molecule has 0 saturated heterocycles. The van der Waals surface area contributed by atoms with E-state index < -0.39 is 30.0 Å². The summed E-state index contributed by atoms with van der Waals surface area (Å²) in [6.07, 6.45) is -1.82. The molecule has 1 amide bonds. The minimum absolute atomic E-state index is 0.0811. The number of alkyl halides is 3. The topological polar surface area (TPSA) is 98.2 Å². The first-order valence-electron chi connectivity index (χ1n) is 9.03. The Morgan fingerprint density at radius 2 is 1.97 bits per heavy atom. The highest BCUT2D eigenvalue weighted by atomic mass is 35.5. The molecule has 0 bridgehead atoms. The summed E-state index contributed by atoms with van der Waals surface area (Å²) >= 11 is 6.18. The molecule has 3 heterocycles. The minimum Gasteiger partial charge on any atom is -0.366 e. The molecule has 4 rings (SSSR count). The number of nitrogens with one attached hydrogen (secondary N) is 1. The summed E-state index contributed by atoms with van der Waals surface area (Å²) in [5.74, 6) is -1.45. The first-order valence-corrected chi connectivity index (χ1v) is 9.41. The number of carbonyl (C=O) groups excluding carboxylic acids is 1. The van der Waals surface area contributed by atoms with Crippen LogP contribution >= 0.6 is 11.6 Å². The fourth-order valence-corrected chi connectivity index (χ4v) is 3.22. The molecule has 32 heavy (non-hydrogen) atoms. The molecular formula is C20H13ClF4N6O. The molecule has 0 aliphatic rings. The average Bonchev–Trinajstić information content (AvgIpc) is 3.11. The zero-order valence-corrected chi connectivity index (χ0v) is 16.7. The van der Waals surface area contributed by atoms with Gasteiger partial charge in [0.1, 0.15) is 11.0 Å². The molecule has 4 aromatic rings. The predicted octanol–water partition coefficient (Wildman–Crippen LogP) is 4.11. The van der Waals surface area contributed by atoms with Crippen LogP contribution in [0.1, 0.15) is 21.5 Å². The molecule has 3 N–H and O–H groups in total. The van der Waals surface area contributed by atoms with E-state index in [0.717, 1.165) is 0 Å². The number of nitrogen functional groups attached to an aromatic ring is 1. The van der Waals surface area contributed by atoms with Crippen molar-refractivity contribution >= 4 is 29.1 Å². The smallest absolute Gasteiger partial charge is 0.366 e. The fourth-order valence-electron chi connectivity index (χ4n) is 3.01. The third kappa shape index (κ3) is 4.33. The summed E-state index contributed by atoms with van der Waals surface area (Å²) in [6, 6.07) is 6.77. The molecule has 0 saturated carbocycles. The van der Waals surface area contributed by atoms with Gasteiger partial charge >= 0.3 is 6.18 Å². The Morgan fingerprint density at radius 1 is 1.19 bits per heavy atom. The third-order valence-electron chi connectivity index (χ3n) is 4.58. The second-order valence-electron chi connectivity index (χ2n) is 6.74. The van der Waals surface area contributed by atoms with Gasteiger partial charge in [-0.3, -0.25) is 4.79 Å². The maximum atomic E-state index is 13.9. The highest BCUT2D eigenvalue weighted by Gasteiger charge is 2.31. The highest BCUT2D eigenvalue weighted by molar-refractivity contribution is 6.32. The highest BCUT2D eigenvalue weighted by Crippen LogP contribution is 2.31. The van der Waals surface area contributed by atoms with Gasteiger partial charge in [-0.1, -0.05) is 11.6 Å². The third-order valence-corrected chi connectivity index (χ3v) is 4.88. The number of rotatable bonds is 4. The first-order chi connectivity index (χ1) is 15.1. The van der Waals surface area contributed by atoms with E-state index >= 15 is 0 Å². The van der Waals surface area contributed by atoms with Crippen LogP contribution in [0.3, 0.4) is 0 Å².